The molecule has 2 nitrogen and oxygen atoms in total. The van der Waals surface area contributed by atoms with Gasteiger partial charge in [0, 0.05) is 6.04 Å². The quantitative estimate of drug-likeness (QED) is 0.519. The van der Waals surface area contributed by atoms with Gasteiger partial charge >= 0.3 is 0 Å². The van der Waals surface area contributed by atoms with Crippen LogP contribution in [-0.4, -0.2) is 25.3 Å². The fraction of sp³-hybridized carbons (Fsp3) is 1.00. The molecule has 9 heavy (non-hydrogen) atoms. The molecule has 2 rings (SSSR count). The van der Waals surface area contributed by atoms with Gasteiger partial charge in [0.25, 0.3) is 0 Å². The number of ether oxygens (including phenoxy) is 1. The first-order chi connectivity index (χ1) is 4.40. The smallest absolute Gasteiger partial charge is 0.0856 e. The Bertz CT molecular complexity index is 115. The van der Waals surface area contributed by atoms with E-state index in [0.29, 0.717) is 12.2 Å². The summed E-state index contributed by atoms with van der Waals surface area (Å²) in [7, 11) is 2.04. The summed E-state index contributed by atoms with van der Waals surface area (Å²) < 4.78 is 5.37. The number of nitrogens with one attached hydrogen (secondary N) is 1. The number of epoxide rings is 1. The number of fused-ring (bicyclic) bond motifs is 1. The van der Waals surface area contributed by atoms with Crippen molar-refractivity contribution in [3.8, 4) is 0 Å². The van der Waals surface area contributed by atoms with E-state index in [1.807, 2.05) is 7.05 Å². The molecule has 1 N–H and O–H groups in total. The molecule has 1 heterocycles. The molecule has 0 amide bonds. The van der Waals surface area contributed by atoms with E-state index in [-0.39, 0.29) is 0 Å². The second kappa shape index (κ2) is 1.96. The Kier molecular flexibility index (Phi) is 1.24. The van der Waals surface area contributed by atoms with E-state index >= 15 is 0 Å². The Morgan fingerprint density at radius 3 is 2.89 bits per heavy atom. The Hall–Kier alpha value is -0.0800. The van der Waals surface area contributed by atoms with Gasteiger partial charge in [-0.3, -0.25) is 0 Å². The van der Waals surface area contributed by atoms with E-state index in [1.54, 1.807) is 0 Å². The van der Waals surface area contributed by atoms with Gasteiger partial charge in [0.15, 0.2) is 0 Å². The molecular weight excluding hydrogens is 114 g/mol. The van der Waals surface area contributed by atoms with Crippen molar-refractivity contribution in [3.63, 3.8) is 0 Å². The van der Waals surface area contributed by atoms with Crippen molar-refractivity contribution in [2.45, 2.75) is 37.5 Å². The molecule has 3 atom stereocenters. The minimum atomic E-state index is 0.621. The highest BCUT2D eigenvalue weighted by molar-refractivity contribution is 4.93. The predicted molar refractivity (Wildman–Crippen MR) is 35.4 cm³/mol. The zero-order chi connectivity index (χ0) is 6.27. The largest absolute Gasteiger partial charge is 0.370 e. The van der Waals surface area contributed by atoms with E-state index in [4.69, 9.17) is 4.74 Å². The first-order valence-corrected chi connectivity index (χ1v) is 3.73. The molecule has 52 valence electrons. The van der Waals surface area contributed by atoms with E-state index in [1.165, 1.54) is 19.3 Å². The minimum absolute atomic E-state index is 0.621. The number of rotatable bonds is 1. The molecule has 2 aliphatic rings. The van der Waals surface area contributed by atoms with Crippen molar-refractivity contribution in [2.75, 3.05) is 7.05 Å². The Morgan fingerprint density at radius 1 is 1.33 bits per heavy atom. The molecule has 0 radical (unpaired) electrons. The SMILES string of the molecule is CN[C@@H]1CC[C@H]2O[C@H]2C1. The summed E-state index contributed by atoms with van der Waals surface area (Å²) >= 11 is 0. The zero-order valence-corrected chi connectivity index (χ0v) is 5.76. The third-order valence-corrected chi connectivity index (χ3v) is 2.41. The Morgan fingerprint density at radius 2 is 2.22 bits per heavy atom. The van der Waals surface area contributed by atoms with Crippen LogP contribution in [0.2, 0.25) is 0 Å². The third kappa shape index (κ3) is 0.970. The van der Waals surface area contributed by atoms with Gasteiger partial charge in [-0.15, -0.1) is 0 Å². The van der Waals surface area contributed by atoms with E-state index in [0.717, 1.165) is 6.04 Å². The lowest BCUT2D eigenvalue weighted by atomic mass is 9.96. The summed E-state index contributed by atoms with van der Waals surface area (Å²) in [4.78, 5) is 0. The molecule has 1 saturated carbocycles. The third-order valence-electron chi connectivity index (χ3n) is 2.41. The molecule has 2 heteroatoms. The van der Waals surface area contributed by atoms with Crippen molar-refractivity contribution >= 4 is 0 Å². The van der Waals surface area contributed by atoms with E-state index in [2.05, 4.69) is 5.32 Å². The Balaban J connectivity index is 1.86. The van der Waals surface area contributed by atoms with Crippen LogP contribution < -0.4 is 5.32 Å². The van der Waals surface area contributed by atoms with Crippen LogP contribution in [0.3, 0.4) is 0 Å². The lowest BCUT2D eigenvalue weighted by Gasteiger charge is -2.16. The summed E-state index contributed by atoms with van der Waals surface area (Å²) in [6, 6.07) is 0.730. The Labute approximate surface area is 55.6 Å². The van der Waals surface area contributed by atoms with Gasteiger partial charge in [-0.25, -0.2) is 0 Å². The van der Waals surface area contributed by atoms with Crippen LogP contribution in [-0.2, 0) is 4.74 Å². The standard InChI is InChI=1S/C7H13NO/c1-8-5-2-3-6-7(4-5)9-6/h5-8H,2-4H2,1H3/t5-,6-,7+/m1/s1. The van der Waals surface area contributed by atoms with Gasteiger partial charge in [0.2, 0.25) is 0 Å². The number of hydrogen-bond acceptors (Lipinski definition) is 2. The maximum Gasteiger partial charge on any atom is 0.0856 e. The van der Waals surface area contributed by atoms with Gasteiger partial charge < -0.3 is 10.1 Å². The average Bonchev–Trinajstić information content (AvgIpc) is 2.64. The van der Waals surface area contributed by atoms with Crippen LogP contribution in [0.4, 0.5) is 0 Å². The first-order valence-electron chi connectivity index (χ1n) is 3.73. The molecule has 0 spiro atoms. The highest BCUT2D eigenvalue weighted by Crippen LogP contribution is 2.36. The van der Waals surface area contributed by atoms with Crippen LogP contribution in [0.5, 0.6) is 0 Å². The van der Waals surface area contributed by atoms with Crippen molar-refractivity contribution in [1.29, 1.82) is 0 Å². The fourth-order valence-corrected chi connectivity index (χ4v) is 1.67. The summed E-state index contributed by atoms with van der Waals surface area (Å²) in [5.41, 5.74) is 0. The molecule has 1 aliphatic heterocycles. The normalized spacial score (nSPS) is 48.3. The molecule has 0 aromatic carbocycles. The van der Waals surface area contributed by atoms with Gasteiger partial charge in [0.1, 0.15) is 0 Å². The van der Waals surface area contributed by atoms with Crippen LogP contribution >= 0.6 is 0 Å². The molecule has 1 aliphatic carbocycles. The topological polar surface area (TPSA) is 24.6 Å². The minimum Gasteiger partial charge on any atom is -0.370 e. The molecule has 0 unspecified atom stereocenters. The van der Waals surface area contributed by atoms with Crippen molar-refractivity contribution < 1.29 is 4.74 Å². The zero-order valence-electron chi connectivity index (χ0n) is 5.76. The number of hydrogen-bond donors (Lipinski definition) is 1. The van der Waals surface area contributed by atoms with Gasteiger partial charge in [0.05, 0.1) is 12.2 Å². The molecular formula is C7H13NO. The molecule has 1 saturated heterocycles. The predicted octanol–water partition coefficient (Wildman–Crippen LogP) is 0.526. The van der Waals surface area contributed by atoms with Crippen molar-refractivity contribution in [2.24, 2.45) is 0 Å². The van der Waals surface area contributed by atoms with Gasteiger partial charge in [-0.05, 0) is 26.3 Å². The monoisotopic (exact) mass is 127 g/mol. The second-order valence-electron chi connectivity index (χ2n) is 3.01. The highest BCUT2D eigenvalue weighted by Gasteiger charge is 2.43. The average molecular weight is 127 g/mol. The maximum atomic E-state index is 5.37. The van der Waals surface area contributed by atoms with Crippen molar-refractivity contribution in [1.82, 2.24) is 5.32 Å². The van der Waals surface area contributed by atoms with E-state index in [9.17, 15) is 0 Å². The molecule has 0 aromatic heterocycles. The van der Waals surface area contributed by atoms with Gasteiger partial charge in [-0.1, -0.05) is 0 Å². The lowest BCUT2D eigenvalue weighted by Crippen LogP contribution is -2.30. The second-order valence-corrected chi connectivity index (χ2v) is 3.01. The van der Waals surface area contributed by atoms with Crippen LogP contribution in [0.25, 0.3) is 0 Å². The summed E-state index contributed by atoms with van der Waals surface area (Å²) in [6.45, 7) is 0. The van der Waals surface area contributed by atoms with E-state index < -0.39 is 0 Å². The van der Waals surface area contributed by atoms with Gasteiger partial charge in [-0.2, -0.15) is 0 Å². The first kappa shape index (κ1) is 5.69. The van der Waals surface area contributed by atoms with Crippen LogP contribution in [0, 0.1) is 0 Å². The highest BCUT2D eigenvalue weighted by atomic mass is 16.6. The molecule has 0 aromatic rings. The summed E-state index contributed by atoms with van der Waals surface area (Å²) in [5, 5.41) is 3.28. The van der Waals surface area contributed by atoms with Crippen molar-refractivity contribution in [3.05, 3.63) is 0 Å². The molecule has 0 bridgehead atoms. The van der Waals surface area contributed by atoms with Crippen LogP contribution in [0.1, 0.15) is 19.3 Å². The van der Waals surface area contributed by atoms with Crippen LogP contribution in [0.15, 0.2) is 0 Å². The maximum absolute atomic E-state index is 5.37. The lowest BCUT2D eigenvalue weighted by molar-refractivity contribution is 0.368. The molecule has 2 fully saturated rings. The fourth-order valence-electron chi connectivity index (χ4n) is 1.67. The summed E-state index contributed by atoms with van der Waals surface area (Å²) in [6.07, 6.45) is 5.08. The summed E-state index contributed by atoms with van der Waals surface area (Å²) in [5.74, 6) is 0.